The summed E-state index contributed by atoms with van der Waals surface area (Å²) in [5.41, 5.74) is 0.422. The Morgan fingerprint density at radius 3 is 2.11 bits per heavy atom. The van der Waals surface area contributed by atoms with Gasteiger partial charge in [0.05, 0.1) is 0 Å². The molecule has 0 unspecified atom stereocenters. The van der Waals surface area contributed by atoms with Gasteiger partial charge in [0.2, 0.25) is 5.91 Å². The topological polar surface area (TPSA) is 57.6 Å². The van der Waals surface area contributed by atoms with E-state index in [4.69, 9.17) is 5.11 Å². The Hall–Kier alpha value is -2.10. The maximum atomic E-state index is 12.1. The minimum atomic E-state index is -0.868. The molecule has 0 aromatic rings. The molecule has 0 radical (unpaired) electrons. The van der Waals surface area contributed by atoms with Crippen LogP contribution in [0.3, 0.4) is 0 Å². The first-order valence-electron chi connectivity index (χ1n) is 10.8. The number of hydrogen-bond donors (Lipinski definition) is 1. The molecule has 0 aromatic heterocycles. The lowest BCUT2D eigenvalue weighted by Gasteiger charge is -2.25. The number of unbranched alkanes of at least 4 members (excludes halogenated alkanes) is 5. The molecule has 0 saturated carbocycles. The highest BCUT2D eigenvalue weighted by molar-refractivity contribution is 5.87. The molecule has 1 heterocycles. The average molecular weight is 388 g/mol. The van der Waals surface area contributed by atoms with Crippen molar-refractivity contribution >= 4 is 11.9 Å². The van der Waals surface area contributed by atoms with Gasteiger partial charge >= 0.3 is 5.97 Å². The lowest BCUT2D eigenvalue weighted by molar-refractivity contribution is -0.135. The number of nitrogens with zero attached hydrogens (tertiary/aromatic N) is 1. The Balaban J connectivity index is 2.00. The molecule has 1 N–H and O–H groups in total. The van der Waals surface area contributed by atoms with E-state index in [1.807, 2.05) is 0 Å². The van der Waals surface area contributed by atoms with Crippen molar-refractivity contribution in [3.8, 4) is 0 Å². The third kappa shape index (κ3) is 11.6. The fourth-order valence-electron chi connectivity index (χ4n) is 3.08. The van der Waals surface area contributed by atoms with Crippen LogP contribution in [0, 0.1) is 0 Å². The number of aliphatic carboxylic acids is 1. The number of carboxylic acids is 1. The molecule has 1 aliphatic rings. The summed E-state index contributed by atoms with van der Waals surface area (Å²) in [6.07, 6.45) is 25.9. The Labute approximate surface area is 170 Å². The van der Waals surface area contributed by atoms with E-state index in [1.165, 1.54) is 25.7 Å². The van der Waals surface area contributed by atoms with Gasteiger partial charge in [0, 0.05) is 25.1 Å². The van der Waals surface area contributed by atoms with E-state index in [0.29, 0.717) is 31.5 Å². The predicted molar refractivity (Wildman–Crippen MR) is 116 cm³/mol. The van der Waals surface area contributed by atoms with Crippen molar-refractivity contribution in [3.63, 3.8) is 0 Å². The zero-order valence-corrected chi connectivity index (χ0v) is 17.4. The van der Waals surface area contributed by atoms with Gasteiger partial charge in [-0.2, -0.15) is 0 Å². The summed E-state index contributed by atoms with van der Waals surface area (Å²) >= 11 is 0. The molecule has 156 valence electrons. The van der Waals surface area contributed by atoms with E-state index in [0.717, 1.165) is 32.1 Å². The smallest absolute Gasteiger partial charge is 0.331 e. The number of rotatable bonds is 14. The first kappa shape index (κ1) is 23.9. The van der Waals surface area contributed by atoms with Crippen LogP contribution >= 0.6 is 0 Å². The third-order valence-corrected chi connectivity index (χ3v) is 4.87. The summed E-state index contributed by atoms with van der Waals surface area (Å²) in [7, 11) is 0. The van der Waals surface area contributed by atoms with Gasteiger partial charge < -0.3 is 10.0 Å². The minimum absolute atomic E-state index is 0.135. The summed E-state index contributed by atoms with van der Waals surface area (Å²) in [5, 5.41) is 8.93. The molecule has 0 aromatic carbocycles. The molecule has 1 aliphatic heterocycles. The number of amides is 1. The van der Waals surface area contributed by atoms with E-state index < -0.39 is 5.97 Å². The van der Waals surface area contributed by atoms with E-state index >= 15 is 0 Å². The molecule has 0 atom stereocenters. The number of allylic oxidation sites excluding steroid dienone is 6. The van der Waals surface area contributed by atoms with Crippen molar-refractivity contribution in [2.24, 2.45) is 0 Å². The highest BCUT2D eigenvalue weighted by atomic mass is 16.4. The molecular formula is C24H37NO3. The molecule has 0 aliphatic carbocycles. The standard InChI is InChI=1S/C24H37NO3/c1-2-3-4-5-6-7-8-9-10-11-12-13-14-15-16-17-23(26)25-20-18-22(19-21-25)24(27)28/h6-7,9-10,12-13,18H,2-5,8,11,14-17,19-21H2,1H3,(H,27,28)/b7-6+,10-9+,13-12+. The van der Waals surface area contributed by atoms with Crippen LogP contribution in [-0.4, -0.2) is 35.0 Å². The fourth-order valence-corrected chi connectivity index (χ4v) is 3.08. The summed E-state index contributed by atoms with van der Waals surface area (Å²) in [4.78, 5) is 24.8. The van der Waals surface area contributed by atoms with Crippen molar-refractivity contribution < 1.29 is 14.7 Å². The lowest BCUT2D eigenvalue weighted by atomic mass is 10.1. The van der Waals surface area contributed by atoms with Gasteiger partial charge in [-0.1, -0.05) is 62.3 Å². The van der Waals surface area contributed by atoms with Gasteiger partial charge in [0.25, 0.3) is 0 Å². The van der Waals surface area contributed by atoms with E-state index in [1.54, 1.807) is 11.0 Å². The predicted octanol–water partition coefficient (Wildman–Crippen LogP) is 5.82. The Morgan fingerprint density at radius 1 is 0.964 bits per heavy atom. The summed E-state index contributed by atoms with van der Waals surface area (Å²) in [6.45, 7) is 3.18. The number of hydrogen-bond acceptors (Lipinski definition) is 2. The zero-order chi connectivity index (χ0) is 20.5. The van der Waals surface area contributed by atoms with Gasteiger partial charge in [0.15, 0.2) is 0 Å². The van der Waals surface area contributed by atoms with Crippen molar-refractivity contribution in [1.29, 1.82) is 0 Å². The van der Waals surface area contributed by atoms with Crippen molar-refractivity contribution in [1.82, 2.24) is 4.90 Å². The van der Waals surface area contributed by atoms with Gasteiger partial charge in [-0.3, -0.25) is 4.79 Å². The van der Waals surface area contributed by atoms with Crippen LogP contribution in [0.2, 0.25) is 0 Å². The second-order valence-corrected chi connectivity index (χ2v) is 7.25. The quantitative estimate of drug-likeness (QED) is 0.302. The van der Waals surface area contributed by atoms with Gasteiger partial charge in [-0.15, -0.1) is 0 Å². The minimum Gasteiger partial charge on any atom is -0.478 e. The Bertz CT molecular complexity index is 572. The number of carbonyl (C=O) groups is 2. The monoisotopic (exact) mass is 387 g/mol. The molecular weight excluding hydrogens is 350 g/mol. The maximum Gasteiger partial charge on any atom is 0.331 e. The third-order valence-electron chi connectivity index (χ3n) is 4.87. The molecule has 4 nitrogen and oxygen atoms in total. The van der Waals surface area contributed by atoms with E-state index in [9.17, 15) is 9.59 Å². The second kappa shape index (κ2) is 15.9. The van der Waals surface area contributed by atoms with Crippen LogP contribution in [0.15, 0.2) is 48.1 Å². The lowest BCUT2D eigenvalue weighted by Crippen LogP contribution is -2.35. The Kier molecular flexibility index (Phi) is 13.6. The average Bonchev–Trinajstić information content (AvgIpc) is 2.70. The van der Waals surface area contributed by atoms with Gasteiger partial charge in [0.1, 0.15) is 0 Å². The molecule has 0 saturated heterocycles. The first-order valence-corrected chi connectivity index (χ1v) is 10.8. The van der Waals surface area contributed by atoms with Crippen LogP contribution in [0.4, 0.5) is 0 Å². The van der Waals surface area contributed by atoms with Gasteiger partial charge in [-0.25, -0.2) is 4.79 Å². The second-order valence-electron chi connectivity index (χ2n) is 7.25. The molecule has 28 heavy (non-hydrogen) atoms. The summed E-state index contributed by atoms with van der Waals surface area (Å²) < 4.78 is 0. The van der Waals surface area contributed by atoms with Crippen molar-refractivity contribution in [3.05, 3.63) is 48.1 Å². The molecule has 0 fully saturated rings. The molecule has 0 bridgehead atoms. The van der Waals surface area contributed by atoms with E-state index in [2.05, 4.69) is 43.4 Å². The maximum absolute atomic E-state index is 12.1. The van der Waals surface area contributed by atoms with Crippen LogP contribution < -0.4 is 0 Å². The van der Waals surface area contributed by atoms with Crippen LogP contribution in [-0.2, 0) is 9.59 Å². The molecule has 0 spiro atoms. The zero-order valence-electron chi connectivity index (χ0n) is 17.4. The Morgan fingerprint density at radius 2 is 1.57 bits per heavy atom. The molecule has 1 rings (SSSR count). The molecule has 4 heteroatoms. The normalized spacial score (nSPS) is 15.0. The van der Waals surface area contributed by atoms with Crippen molar-refractivity contribution in [2.45, 2.75) is 77.6 Å². The highest BCUT2D eigenvalue weighted by Crippen LogP contribution is 2.13. The van der Waals surface area contributed by atoms with Crippen LogP contribution in [0.1, 0.15) is 77.6 Å². The summed E-state index contributed by atoms with van der Waals surface area (Å²) in [6, 6.07) is 0. The van der Waals surface area contributed by atoms with Gasteiger partial charge in [-0.05, 0) is 51.4 Å². The SMILES string of the molecule is CCCCC/C=C/C/C=C/C/C=C/CCCCC(=O)N1CC=C(C(=O)O)CC1. The largest absolute Gasteiger partial charge is 0.478 e. The highest BCUT2D eigenvalue weighted by Gasteiger charge is 2.19. The molecule has 1 amide bonds. The van der Waals surface area contributed by atoms with E-state index in [-0.39, 0.29) is 5.91 Å². The fraction of sp³-hybridized carbons (Fsp3) is 0.583. The van der Waals surface area contributed by atoms with Crippen LogP contribution in [0.5, 0.6) is 0 Å². The summed E-state index contributed by atoms with van der Waals surface area (Å²) in [5.74, 6) is -0.733. The first-order chi connectivity index (χ1) is 13.6. The van der Waals surface area contributed by atoms with Crippen molar-refractivity contribution in [2.75, 3.05) is 13.1 Å². The number of carbonyl (C=O) groups excluding carboxylic acids is 1. The number of carboxylic acid groups (broad SMARTS) is 1. The van der Waals surface area contributed by atoms with Crippen LogP contribution in [0.25, 0.3) is 0 Å².